The van der Waals surface area contributed by atoms with Gasteiger partial charge in [0.1, 0.15) is 0 Å². The van der Waals surface area contributed by atoms with Gasteiger partial charge in [-0.3, -0.25) is 4.79 Å². The summed E-state index contributed by atoms with van der Waals surface area (Å²) in [5, 5.41) is 0. The number of hydrogen-bond acceptors (Lipinski definition) is 4. The van der Waals surface area contributed by atoms with E-state index in [0.29, 0.717) is 31.0 Å². The van der Waals surface area contributed by atoms with Gasteiger partial charge in [-0.25, -0.2) is 0 Å². The highest BCUT2D eigenvalue weighted by Crippen LogP contribution is 2.31. The Morgan fingerprint density at radius 1 is 1.42 bits per heavy atom. The Labute approximate surface area is 114 Å². The van der Waals surface area contributed by atoms with Gasteiger partial charge in [0.2, 0.25) is 0 Å². The number of rotatable bonds is 7. The number of likely N-dealkylation sites (N-methyl/N-ethyl adjacent to an activating group) is 1. The van der Waals surface area contributed by atoms with Gasteiger partial charge in [-0.05, 0) is 31.5 Å². The lowest BCUT2D eigenvalue weighted by molar-refractivity contribution is -0.131. The smallest absolute Gasteiger partial charge is 0.260 e. The van der Waals surface area contributed by atoms with Gasteiger partial charge in [-0.2, -0.15) is 0 Å². The third-order valence-corrected chi connectivity index (χ3v) is 2.93. The van der Waals surface area contributed by atoms with Crippen molar-refractivity contribution in [1.82, 2.24) is 4.90 Å². The molecule has 0 heterocycles. The van der Waals surface area contributed by atoms with Crippen LogP contribution >= 0.6 is 0 Å². The fourth-order valence-electron chi connectivity index (χ4n) is 1.66. The van der Waals surface area contributed by atoms with Crippen LogP contribution in [0.15, 0.2) is 18.2 Å². The molecule has 0 bridgehead atoms. The second kappa shape index (κ2) is 7.63. The van der Waals surface area contributed by atoms with E-state index in [1.807, 2.05) is 25.1 Å². The van der Waals surface area contributed by atoms with Gasteiger partial charge >= 0.3 is 0 Å². The van der Waals surface area contributed by atoms with Crippen LogP contribution in [0.2, 0.25) is 0 Å². The van der Waals surface area contributed by atoms with E-state index in [0.717, 1.165) is 5.56 Å². The standard InChI is InChI=1S/C14H22N2O3/c1-4-16(2)13(17)10-19-14-11(8-9-15)6-5-7-12(14)18-3/h5-7H,4,8-10,15H2,1-3H3. The Kier molecular flexibility index (Phi) is 6.15. The largest absolute Gasteiger partial charge is 0.493 e. The van der Waals surface area contributed by atoms with Gasteiger partial charge in [-0.1, -0.05) is 12.1 Å². The Hall–Kier alpha value is -1.75. The molecule has 0 aliphatic rings. The molecular weight excluding hydrogens is 244 g/mol. The molecule has 0 atom stereocenters. The van der Waals surface area contributed by atoms with Crippen LogP contribution in [-0.4, -0.2) is 44.7 Å². The number of hydrogen-bond donors (Lipinski definition) is 1. The Balaban J connectivity index is 2.83. The highest BCUT2D eigenvalue weighted by molar-refractivity contribution is 5.77. The number of ether oxygens (including phenoxy) is 2. The van der Waals surface area contributed by atoms with Crippen molar-refractivity contribution in [3.8, 4) is 11.5 Å². The topological polar surface area (TPSA) is 64.8 Å². The number of nitrogens with zero attached hydrogens (tertiary/aromatic N) is 1. The molecule has 2 N–H and O–H groups in total. The fourth-order valence-corrected chi connectivity index (χ4v) is 1.66. The zero-order valence-electron chi connectivity index (χ0n) is 11.8. The van der Waals surface area contributed by atoms with Crippen molar-refractivity contribution in [2.75, 3.05) is 33.9 Å². The lowest BCUT2D eigenvalue weighted by atomic mass is 10.1. The molecule has 0 aliphatic heterocycles. The van der Waals surface area contributed by atoms with E-state index in [2.05, 4.69) is 0 Å². The number of benzene rings is 1. The quantitative estimate of drug-likeness (QED) is 0.801. The molecule has 19 heavy (non-hydrogen) atoms. The summed E-state index contributed by atoms with van der Waals surface area (Å²) in [6, 6.07) is 5.62. The van der Waals surface area contributed by atoms with Crippen molar-refractivity contribution in [2.24, 2.45) is 5.73 Å². The van der Waals surface area contributed by atoms with Crippen LogP contribution in [0.3, 0.4) is 0 Å². The predicted molar refractivity (Wildman–Crippen MR) is 74.6 cm³/mol. The van der Waals surface area contributed by atoms with Gasteiger partial charge in [0.25, 0.3) is 5.91 Å². The molecule has 0 saturated heterocycles. The molecule has 106 valence electrons. The highest BCUT2D eigenvalue weighted by atomic mass is 16.5. The predicted octanol–water partition coefficient (Wildman–Crippen LogP) is 1.05. The molecule has 1 amide bonds. The van der Waals surface area contributed by atoms with Gasteiger partial charge in [-0.15, -0.1) is 0 Å². The SMILES string of the molecule is CCN(C)C(=O)COc1c(CCN)cccc1OC. The first-order valence-corrected chi connectivity index (χ1v) is 6.36. The van der Waals surface area contributed by atoms with Crippen LogP contribution in [0.25, 0.3) is 0 Å². The molecule has 0 saturated carbocycles. The van der Waals surface area contributed by atoms with Crippen LogP contribution in [0.5, 0.6) is 11.5 Å². The number of amides is 1. The summed E-state index contributed by atoms with van der Waals surface area (Å²) in [7, 11) is 3.32. The maximum Gasteiger partial charge on any atom is 0.260 e. The van der Waals surface area contributed by atoms with E-state index in [4.69, 9.17) is 15.2 Å². The van der Waals surface area contributed by atoms with Crippen molar-refractivity contribution in [3.63, 3.8) is 0 Å². The first-order chi connectivity index (χ1) is 9.13. The number of methoxy groups -OCH3 is 1. The minimum absolute atomic E-state index is 0.00227. The minimum atomic E-state index is -0.0629. The molecule has 0 spiro atoms. The molecular formula is C14H22N2O3. The second-order valence-corrected chi connectivity index (χ2v) is 4.18. The van der Waals surface area contributed by atoms with Crippen LogP contribution in [0.4, 0.5) is 0 Å². The Morgan fingerprint density at radius 2 is 2.16 bits per heavy atom. The summed E-state index contributed by atoms with van der Waals surface area (Å²) in [6.07, 6.45) is 0.685. The number of nitrogens with two attached hydrogens (primary N) is 1. The van der Waals surface area contributed by atoms with E-state index in [1.54, 1.807) is 19.1 Å². The zero-order chi connectivity index (χ0) is 14.3. The molecule has 0 aromatic heterocycles. The van der Waals surface area contributed by atoms with E-state index >= 15 is 0 Å². The molecule has 0 aliphatic carbocycles. The number of para-hydroxylation sites is 1. The first kappa shape index (κ1) is 15.3. The van der Waals surface area contributed by atoms with E-state index < -0.39 is 0 Å². The molecule has 1 rings (SSSR count). The lowest BCUT2D eigenvalue weighted by Crippen LogP contribution is -2.31. The van der Waals surface area contributed by atoms with Crippen LogP contribution < -0.4 is 15.2 Å². The molecule has 0 radical (unpaired) electrons. The summed E-state index contributed by atoms with van der Waals surface area (Å²) < 4.78 is 10.9. The van der Waals surface area contributed by atoms with E-state index in [9.17, 15) is 4.79 Å². The van der Waals surface area contributed by atoms with Crippen molar-refractivity contribution >= 4 is 5.91 Å². The number of carbonyl (C=O) groups is 1. The maximum absolute atomic E-state index is 11.8. The summed E-state index contributed by atoms with van der Waals surface area (Å²) in [5.74, 6) is 1.17. The lowest BCUT2D eigenvalue weighted by Gasteiger charge is -2.17. The minimum Gasteiger partial charge on any atom is -0.493 e. The molecule has 5 heteroatoms. The van der Waals surface area contributed by atoms with Gasteiger partial charge in [0.15, 0.2) is 18.1 Å². The van der Waals surface area contributed by atoms with Crippen LogP contribution in [0.1, 0.15) is 12.5 Å². The highest BCUT2D eigenvalue weighted by Gasteiger charge is 2.13. The number of carbonyl (C=O) groups excluding carboxylic acids is 1. The van der Waals surface area contributed by atoms with Crippen molar-refractivity contribution in [3.05, 3.63) is 23.8 Å². The summed E-state index contributed by atoms with van der Waals surface area (Å²) in [5.41, 5.74) is 6.53. The monoisotopic (exact) mass is 266 g/mol. The molecule has 5 nitrogen and oxygen atoms in total. The van der Waals surface area contributed by atoms with Crippen LogP contribution in [0, 0.1) is 0 Å². The average Bonchev–Trinajstić information content (AvgIpc) is 2.44. The maximum atomic E-state index is 11.8. The zero-order valence-corrected chi connectivity index (χ0v) is 11.8. The summed E-state index contributed by atoms with van der Waals surface area (Å²) >= 11 is 0. The first-order valence-electron chi connectivity index (χ1n) is 6.36. The second-order valence-electron chi connectivity index (χ2n) is 4.18. The molecule has 1 aromatic carbocycles. The molecule has 0 fully saturated rings. The van der Waals surface area contributed by atoms with Crippen molar-refractivity contribution < 1.29 is 14.3 Å². The average molecular weight is 266 g/mol. The fraction of sp³-hybridized carbons (Fsp3) is 0.500. The van der Waals surface area contributed by atoms with Gasteiger partial charge < -0.3 is 20.1 Å². The van der Waals surface area contributed by atoms with Crippen LogP contribution in [-0.2, 0) is 11.2 Å². The normalized spacial score (nSPS) is 10.1. The Bertz CT molecular complexity index is 421. The molecule has 1 aromatic rings. The van der Waals surface area contributed by atoms with Gasteiger partial charge in [0.05, 0.1) is 7.11 Å². The van der Waals surface area contributed by atoms with E-state index in [-0.39, 0.29) is 12.5 Å². The Morgan fingerprint density at radius 3 is 2.74 bits per heavy atom. The van der Waals surface area contributed by atoms with E-state index in [1.165, 1.54) is 0 Å². The third-order valence-electron chi connectivity index (χ3n) is 2.93. The summed E-state index contributed by atoms with van der Waals surface area (Å²) in [6.45, 7) is 3.10. The van der Waals surface area contributed by atoms with Crippen molar-refractivity contribution in [2.45, 2.75) is 13.3 Å². The third kappa shape index (κ3) is 4.13. The summed E-state index contributed by atoms with van der Waals surface area (Å²) in [4.78, 5) is 13.4. The van der Waals surface area contributed by atoms with Gasteiger partial charge in [0, 0.05) is 13.6 Å². The van der Waals surface area contributed by atoms with Crippen molar-refractivity contribution in [1.29, 1.82) is 0 Å². The molecule has 0 unspecified atom stereocenters.